The summed E-state index contributed by atoms with van der Waals surface area (Å²) >= 11 is 5.93. The first kappa shape index (κ1) is 14.1. The van der Waals surface area contributed by atoms with Gasteiger partial charge in [0, 0.05) is 36.4 Å². The topological polar surface area (TPSA) is 38.1 Å². The fourth-order valence-electron chi connectivity index (χ4n) is 2.84. The zero-order valence-electron chi connectivity index (χ0n) is 11.8. The number of amides is 1. The van der Waals surface area contributed by atoms with E-state index in [2.05, 4.69) is 17.2 Å². The fourth-order valence-corrected chi connectivity index (χ4v) is 2.97. The van der Waals surface area contributed by atoms with Crippen LogP contribution < -0.4 is 0 Å². The molecule has 0 unspecified atom stereocenters. The Hall–Kier alpha value is -1.81. The minimum Gasteiger partial charge on any atom is -0.340 e. The van der Waals surface area contributed by atoms with Crippen molar-refractivity contribution >= 4 is 17.5 Å². The van der Waals surface area contributed by atoms with E-state index in [9.17, 15) is 4.79 Å². The summed E-state index contributed by atoms with van der Waals surface area (Å²) in [6, 6.07) is 9.80. The molecular formula is C16H18ClN3O. The Morgan fingerprint density at radius 2 is 2.14 bits per heavy atom. The van der Waals surface area contributed by atoms with Gasteiger partial charge >= 0.3 is 0 Å². The molecule has 4 nitrogen and oxygen atoms in total. The molecule has 1 amide bonds. The minimum atomic E-state index is 0.136. The Morgan fingerprint density at radius 3 is 2.86 bits per heavy atom. The minimum absolute atomic E-state index is 0.136. The fraction of sp³-hybridized carbons (Fsp3) is 0.375. The van der Waals surface area contributed by atoms with E-state index >= 15 is 0 Å². The molecule has 5 heteroatoms. The first-order chi connectivity index (χ1) is 10.2. The van der Waals surface area contributed by atoms with Crippen molar-refractivity contribution in [2.75, 3.05) is 13.1 Å². The lowest BCUT2D eigenvalue weighted by Gasteiger charge is -2.33. The number of hydrogen-bond acceptors (Lipinski definition) is 2. The van der Waals surface area contributed by atoms with Gasteiger partial charge in [-0.2, -0.15) is 5.10 Å². The standard InChI is InChI=1S/C16H18ClN3O/c17-15-6-4-13(5-7-15)14-3-1-9-19(11-14)16(21)12-20-10-2-8-18-20/h2,4-8,10,14H,1,3,9,11-12H2/t14-/m0/s1. The molecule has 1 aromatic carbocycles. The van der Waals surface area contributed by atoms with Crippen LogP contribution in [0.5, 0.6) is 0 Å². The van der Waals surface area contributed by atoms with Gasteiger partial charge in [-0.3, -0.25) is 9.48 Å². The average molecular weight is 304 g/mol. The highest BCUT2D eigenvalue weighted by Crippen LogP contribution is 2.27. The molecule has 1 aliphatic rings. The number of benzene rings is 1. The Bertz CT molecular complexity index is 594. The maximum Gasteiger partial charge on any atom is 0.244 e. The third-order valence-corrected chi connectivity index (χ3v) is 4.22. The lowest BCUT2D eigenvalue weighted by Crippen LogP contribution is -2.40. The van der Waals surface area contributed by atoms with Crippen molar-refractivity contribution in [3.05, 3.63) is 53.3 Å². The monoisotopic (exact) mass is 303 g/mol. The summed E-state index contributed by atoms with van der Waals surface area (Å²) in [5, 5.41) is 4.84. The number of halogens is 1. The van der Waals surface area contributed by atoms with Gasteiger partial charge in [-0.25, -0.2) is 0 Å². The van der Waals surface area contributed by atoms with E-state index in [0.29, 0.717) is 12.5 Å². The maximum atomic E-state index is 12.3. The van der Waals surface area contributed by atoms with Crippen molar-refractivity contribution in [3.63, 3.8) is 0 Å². The molecule has 110 valence electrons. The van der Waals surface area contributed by atoms with Crippen LogP contribution >= 0.6 is 11.6 Å². The summed E-state index contributed by atoms with van der Waals surface area (Å²) in [6.07, 6.45) is 5.67. The second-order valence-corrected chi connectivity index (χ2v) is 5.87. The summed E-state index contributed by atoms with van der Waals surface area (Å²) < 4.78 is 1.67. The predicted molar refractivity (Wildman–Crippen MR) is 82.2 cm³/mol. The highest BCUT2D eigenvalue weighted by Gasteiger charge is 2.24. The van der Waals surface area contributed by atoms with Gasteiger partial charge in [0.2, 0.25) is 5.91 Å². The van der Waals surface area contributed by atoms with Crippen LogP contribution in [0.25, 0.3) is 0 Å². The van der Waals surface area contributed by atoms with Gasteiger partial charge in [-0.15, -0.1) is 0 Å². The molecule has 21 heavy (non-hydrogen) atoms. The quantitative estimate of drug-likeness (QED) is 0.874. The highest BCUT2D eigenvalue weighted by molar-refractivity contribution is 6.30. The normalized spacial score (nSPS) is 18.7. The van der Waals surface area contributed by atoms with Crippen LogP contribution in [0.4, 0.5) is 0 Å². The highest BCUT2D eigenvalue weighted by atomic mass is 35.5. The largest absolute Gasteiger partial charge is 0.340 e. The predicted octanol–water partition coefficient (Wildman–Crippen LogP) is 2.94. The van der Waals surface area contributed by atoms with E-state index in [1.54, 1.807) is 10.9 Å². The Labute approximate surface area is 129 Å². The number of likely N-dealkylation sites (tertiary alicyclic amines) is 1. The first-order valence-electron chi connectivity index (χ1n) is 7.23. The molecule has 0 N–H and O–H groups in total. The van der Waals surface area contributed by atoms with Crippen LogP contribution in [-0.4, -0.2) is 33.7 Å². The summed E-state index contributed by atoms with van der Waals surface area (Å²) in [5.41, 5.74) is 1.26. The van der Waals surface area contributed by atoms with Crippen molar-refractivity contribution in [1.29, 1.82) is 0 Å². The van der Waals surface area contributed by atoms with E-state index in [1.807, 2.05) is 29.3 Å². The first-order valence-corrected chi connectivity index (χ1v) is 7.61. The smallest absolute Gasteiger partial charge is 0.244 e. The van der Waals surface area contributed by atoms with Crippen LogP contribution in [0.1, 0.15) is 24.3 Å². The van der Waals surface area contributed by atoms with Gasteiger partial charge in [-0.1, -0.05) is 23.7 Å². The number of rotatable bonds is 3. The molecule has 0 aliphatic carbocycles. The van der Waals surface area contributed by atoms with Crippen LogP contribution in [0.3, 0.4) is 0 Å². The van der Waals surface area contributed by atoms with Crippen molar-refractivity contribution < 1.29 is 4.79 Å². The van der Waals surface area contributed by atoms with Crippen molar-refractivity contribution in [3.8, 4) is 0 Å². The Kier molecular flexibility index (Phi) is 4.25. The number of hydrogen-bond donors (Lipinski definition) is 0. The van der Waals surface area contributed by atoms with E-state index in [0.717, 1.165) is 31.0 Å². The molecule has 1 saturated heterocycles. The van der Waals surface area contributed by atoms with Crippen molar-refractivity contribution in [2.24, 2.45) is 0 Å². The molecule has 0 saturated carbocycles. The molecule has 1 aromatic heterocycles. The Balaban J connectivity index is 1.65. The summed E-state index contributed by atoms with van der Waals surface area (Å²) in [7, 11) is 0. The van der Waals surface area contributed by atoms with Gasteiger partial charge in [-0.05, 0) is 36.6 Å². The molecule has 0 radical (unpaired) electrons. The van der Waals surface area contributed by atoms with E-state index in [1.165, 1.54) is 5.56 Å². The van der Waals surface area contributed by atoms with Crippen molar-refractivity contribution in [2.45, 2.75) is 25.3 Å². The molecule has 2 aromatic rings. The van der Waals surface area contributed by atoms with Crippen molar-refractivity contribution in [1.82, 2.24) is 14.7 Å². The van der Waals surface area contributed by atoms with Gasteiger partial charge in [0.25, 0.3) is 0 Å². The molecular weight excluding hydrogens is 286 g/mol. The van der Waals surface area contributed by atoms with Crippen LogP contribution in [0.15, 0.2) is 42.7 Å². The number of carbonyl (C=O) groups is 1. The number of nitrogens with zero attached hydrogens (tertiary/aromatic N) is 3. The molecule has 3 rings (SSSR count). The van der Waals surface area contributed by atoms with Gasteiger partial charge in [0.15, 0.2) is 0 Å². The molecule has 1 aliphatic heterocycles. The zero-order chi connectivity index (χ0) is 14.7. The number of carbonyl (C=O) groups excluding carboxylic acids is 1. The summed E-state index contributed by atoms with van der Waals surface area (Å²) in [4.78, 5) is 14.3. The van der Waals surface area contributed by atoms with Crippen LogP contribution in [-0.2, 0) is 11.3 Å². The lowest BCUT2D eigenvalue weighted by molar-refractivity contribution is -0.133. The average Bonchev–Trinajstić information content (AvgIpc) is 3.01. The third kappa shape index (κ3) is 3.45. The number of aromatic nitrogens is 2. The van der Waals surface area contributed by atoms with E-state index in [4.69, 9.17) is 11.6 Å². The van der Waals surface area contributed by atoms with Gasteiger partial charge in [0.05, 0.1) is 0 Å². The van der Waals surface area contributed by atoms with E-state index in [-0.39, 0.29) is 5.91 Å². The Morgan fingerprint density at radius 1 is 1.33 bits per heavy atom. The second-order valence-electron chi connectivity index (χ2n) is 5.43. The summed E-state index contributed by atoms with van der Waals surface area (Å²) in [5.74, 6) is 0.537. The van der Waals surface area contributed by atoms with Crippen LogP contribution in [0, 0.1) is 0 Å². The SMILES string of the molecule is O=C(Cn1cccn1)N1CCC[C@H](c2ccc(Cl)cc2)C1. The number of piperidine rings is 1. The molecule has 0 spiro atoms. The molecule has 1 atom stereocenters. The lowest BCUT2D eigenvalue weighted by atomic mass is 9.90. The molecule has 1 fully saturated rings. The van der Waals surface area contributed by atoms with Crippen LogP contribution in [0.2, 0.25) is 5.02 Å². The van der Waals surface area contributed by atoms with Gasteiger partial charge < -0.3 is 4.90 Å². The van der Waals surface area contributed by atoms with E-state index < -0.39 is 0 Å². The maximum absolute atomic E-state index is 12.3. The third-order valence-electron chi connectivity index (χ3n) is 3.97. The summed E-state index contributed by atoms with van der Waals surface area (Å²) in [6.45, 7) is 1.94. The zero-order valence-corrected chi connectivity index (χ0v) is 12.5. The molecule has 2 heterocycles. The second kappa shape index (κ2) is 6.31. The van der Waals surface area contributed by atoms with Gasteiger partial charge in [0.1, 0.15) is 6.54 Å². The molecule has 0 bridgehead atoms.